The molecule has 0 saturated carbocycles. The maximum absolute atomic E-state index is 11.9. The van der Waals surface area contributed by atoms with Crippen molar-refractivity contribution in [3.8, 4) is 5.75 Å². The summed E-state index contributed by atoms with van der Waals surface area (Å²) in [6.45, 7) is 3.14. The maximum Gasteiger partial charge on any atom is 0.419 e. The van der Waals surface area contributed by atoms with Gasteiger partial charge >= 0.3 is 5.76 Å². The largest absolute Gasteiger partial charge is 0.493 e. The third kappa shape index (κ3) is 4.90. The van der Waals surface area contributed by atoms with Gasteiger partial charge in [0.15, 0.2) is 5.58 Å². The van der Waals surface area contributed by atoms with E-state index in [1.807, 2.05) is 48.5 Å². The Labute approximate surface area is 157 Å². The van der Waals surface area contributed by atoms with Crippen LogP contribution in [0.25, 0.3) is 11.1 Å². The van der Waals surface area contributed by atoms with Crippen molar-refractivity contribution in [3.63, 3.8) is 0 Å². The van der Waals surface area contributed by atoms with Crippen molar-refractivity contribution in [1.82, 2.24) is 9.47 Å². The Balaban J connectivity index is 1.38. The molecule has 0 aliphatic heterocycles. The van der Waals surface area contributed by atoms with Crippen molar-refractivity contribution in [2.24, 2.45) is 0 Å². The van der Waals surface area contributed by atoms with Gasteiger partial charge in [-0.2, -0.15) is 0 Å². The standard InChI is InChI=1S/C20H23ClN2O3/c1-22(12-6-14-25-17-8-4-7-16(21)15-17)11-5-13-23-18-9-2-3-10-19(18)26-20(23)24/h2-4,7-10,15H,5-6,11-14H2,1H3. The molecule has 0 fully saturated rings. The first-order valence-electron chi connectivity index (χ1n) is 8.79. The minimum absolute atomic E-state index is 0.288. The van der Waals surface area contributed by atoms with Crippen LogP contribution in [0, 0.1) is 0 Å². The van der Waals surface area contributed by atoms with Crippen LogP contribution in [0.15, 0.2) is 57.7 Å². The van der Waals surface area contributed by atoms with E-state index in [1.165, 1.54) is 0 Å². The Morgan fingerprint density at radius 1 is 1.12 bits per heavy atom. The molecule has 0 radical (unpaired) electrons. The van der Waals surface area contributed by atoms with Gasteiger partial charge in [-0.3, -0.25) is 4.57 Å². The van der Waals surface area contributed by atoms with Crippen LogP contribution in [0.4, 0.5) is 0 Å². The average molecular weight is 375 g/mol. The minimum Gasteiger partial charge on any atom is -0.493 e. The number of rotatable bonds is 9. The Kier molecular flexibility index (Phi) is 6.36. The number of ether oxygens (including phenoxy) is 1. The molecule has 2 aromatic carbocycles. The summed E-state index contributed by atoms with van der Waals surface area (Å²) in [4.78, 5) is 14.2. The maximum atomic E-state index is 11.9. The molecule has 5 nitrogen and oxygen atoms in total. The van der Waals surface area contributed by atoms with E-state index in [9.17, 15) is 4.79 Å². The molecule has 0 atom stereocenters. The second kappa shape index (κ2) is 8.92. The number of fused-ring (bicyclic) bond motifs is 1. The van der Waals surface area contributed by atoms with Gasteiger partial charge in [-0.1, -0.05) is 29.8 Å². The first-order chi connectivity index (χ1) is 12.6. The highest BCUT2D eigenvalue weighted by atomic mass is 35.5. The SMILES string of the molecule is CN(CCCOc1cccc(Cl)c1)CCCn1c(=O)oc2ccccc21. The van der Waals surface area contributed by atoms with E-state index in [0.29, 0.717) is 23.8 Å². The molecule has 6 heteroatoms. The predicted molar refractivity (Wildman–Crippen MR) is 104 cm³/mol. The lowest BCUT2D eigenvalue weighted by atomic mass is 10.3. The molecule has 138 valence electrons. The summed E-state index contributed by atoms with van der Waals surface area (Å²) in [6.07, 6.45) is 1.81. The number of aryl methyl sites for hydroxylation is 1. The van der Waals surface area contributed by atoms with Crippen LogP contribution >= 0.6 is 11.6 Å². The van der Waals surface area contributed by atoms with E-state index in [0.717, 1.165) is 37.2 Å². The van der Waals surface area contributed by atoms with Crippen molar-refractivity contribution in [1.29, 1.82) is 0 Å². The first kappa shape index (κ1) is 18.5. The quantitative estimate of drug-likeness (QED) is 0.530. The van der Waals surface area contributed by atoms with Gasteiger partial charge in [-0.05, 0) is 56.8 Å². The lowest BCUT2D eigenvalue weighted by Crippen LogP contribution is -2.24. The molecule has 3 rings (SSSR count). The van der Waals surface area contributed by atoms with Crippen molar-refractivity contribution in [2.45, 2.75) is 19.4 Å². The highest BCUT2D eigenvalue weighted by Crippen LogP contribution is 2.17. The zero-order valence-electron chi connectivity index (χ0n) is 14.9. The van der Waals surface area contributed by atoms with Crippen LogP contribution in [0.5, 0.6) is 5.75 Å². The van der Waals surface area contributed by atoms with Crippen LogP contribution in [-0.4, -0.2) is 36.2 Å². The summed E-state index contributed by atoms with van der Waals surface area (Å²) in [6, 6.07) is 15.0. The Morgan fingerprint density at radius 2 is 1.92 bits per heavy atom. The van der Waals surface area contributed by atoms with E-state index < -0.39 is 0 Å². The fourth-order valence-electron chi connectivity index (χ4n) is 2.92. The van der Waals surface area contributed by atoms with Gasteiger partial charge < -0.3 is 14.1 Å². The van der Waals surface area contributed by atoms with Gasteiger partial charge in [0.2, 0.25) is 0 Å². The third-order valence-corrected chi connectivity index (χ3v) is 4.48. The summed E-state index contributed by atoms with van der Waals surface area (Å²) in [7, 11) is 2.08. The average Bonchev–Trinajstić information content (AvgIpc) is 2.94. The second-order valence-corrected chi connectivity index (χ2v) is 6.74. The molecule has 3 aromatic rings. The summed E-state index contributed by atoms with van der Waals surface area (Å²) in [5, 5.41) is 0.682. The van der Waals surface area contributed by atoms with Crippen LogP contribution in [-0.2, 0) is 6.54 Å². The Morgan fingerprint density at radius 3 is 2.77 bits per heavy atom. The number of nitrogens with zero attached hydrogens (tertiary/aromatic N) is 2. The predicted octanol–water partition coefficient (Wildman–Crippen LogP) is 4.04. The molecule has 26 heavy (non-hydrogen) atoms. The molecule has 0 aliphatic rings. The summed E-state index contributed by atoms with van der Waals surface area (Å²) in [5.41, 5.74) is 1.50. The number of benzene rings is 2. The van der Waals surface area contributed by atoms with Gasteiger partial charge in [0, 0.05) is 18.1 Å². The molecular weight excluding hydrogens is 352 g/mol. The third-order valence-electron chi connectivity index (χ3n) is 4.24. The lowest BCUT2D eigenvalue weighted by Gasteiger charge is -2.16. The van der Waals surface area contributed by atoms with E-state index in [1.54, 1.807) is 4.57 Å². The van der Waals surface area contributed by atoms with Crippen molar-refractivity contribution in [2.75, 3.05) is 26.7 Å². The molecule has 0 unspecified atom stereocenters. The Hall–Kier alpha value is -2.24. The van der Waals surface area contributed by atoms with E-state index in [-0.39, 0.29) is 5.76 Å². The molecule has 0 aliphatic carbocycles. The second-order valence-electron chi connectivity index (χ2n) is 6.30. The number of hydrogen-bond acceptors (Lipinski definition) is 4. The fourth-order valence-corrected chi connectivity index (χ4v) is 3.10. The smallest absolute Gasteiger partial charge is 0.419 e. The van der Waals surface area contributed by atoms with Crippen LogP contribution in [0.1, 0.15) is 12.8 Å². The topological polar surface area (TPSA) is 47.6 Å². The summed E-state index contributed by atoms with van der Waals surface area (Å²) in [5.74, 6) is 0.509. The number of hydrogen-bond donors (Lipinski definition) is 0. The fraction of sp³-hybridized carbons (Fsp3) is 0.350. The molecule has 1 heterocycles. The van der Waals surface area contributed by atoms with E-state index in [4.69, 9.17) is 20.8 Å². The molecule has 1 aromatic heterocycles. The molecule has 0 N–H and O–H groups in total. The number of para-hydroxylation sites is 2. The summed E-state index contributed by atoms with van der Waals surface area (Å²) < 4.78 is 12.6. The van der Waals surface area contributed by atoms with Crippen LogP contribution in [0.3, 0.4) is 0 Å². The lowest BCUT2D eigenvalue weighted by molar-refractivity contribution is 0.258. The van der Waals surface area contributed by atoms with Crippen molar-refractivity contribution in [3.05, 3.63) is 64.1 Å². The molecule has 0 bridgehead atoms. The van der Waals surface area contributed by atoms with Crippen molar-refractivity contribution >= 4 is 22.7 Å². The first-order valence-corrected chi connectivity index (χ1v) is 9.16. The van der Waals surface area contributed by atoms with Crippen molar-refractivity contribution < 1.29 is 9.15 Å². The highest BCUT2D eigenvalue weighted by Gasteiger charge is 2.08. The van der Waals surface area contributed by atoms with Gasteiger partial charge in [0.05, 0.1) is 12.1 Å². The normalized spacial score (nSPS) is 11.3. The molecular formula is C20H23ClN2O3. The zero-order valence-corrected chi connectivity index (χ0v) is 15.6. The molecule has 0 saturated heterocycles. The van der Waals surface area contributed by atoms with Gasteiger partial charge in [0.1, 0.15) is 5.75 Å². The van der Waals surface area contributed by atoms with Gasteiger partial charge in [-0.15, -0.1) is 0 Å². The molecule has 0 amide bonds. The zero-order chi connectivity index (χ0) is 18.4. The number of aromatic nitrogens is 1. The van der Waals surface area contributed by atoms with E-state index >= 15 is 0 Å². The van der Waals surface area contributed by atoms with Gasteiger partial charge in [-0.25, -0.2) is 4.79 Å². The number of halogens is 1. The minimum atomic E-state index is -0.288. The van der Waals surface area contributed by atoms with Crippen LogP contribution < -0.4 is 10.5 Å². The molecule has 0 spiro atoms. The van der Waals surface area contributed by atoms with E-state index in [2.05, 4.69) is 11.9 Å². The number of oxazole rings is 1. The van der Waals surface area contributed by atoms with Crippen LogP contribution in [0.2, 0.25) is 5.02 Å². The Bertz CT molecular complexity index is 903. The highest BCUT2D eigenvalue weighted by molar-refractivity contribution is 6.30. The van der Waals surface area contributed by atoms with Gasteiger partial charge in [0.25, 0.3) is 0 Å². The summed E-state index contributed by atoms with van der Waals surface area (Å²) >= 11 is 5.94. The monoisotopic (exact) mass is 374 g/mol.